The van der Waals surface area contributed by atoms with E-state index >= 15 is 0 Å². The van der Waals surface area contributed by atoms with Gasteiger partial charge in [0, 0.05) is 36.7 Å². The number of ether oxygens (including phenoxy) is 2. The van der Waals surface area contributed by atoms with Crippen molar-refractivity contribution in [1.82, 2.24) is 14.5 Å². The number of nitrogens with one attached hydrogen (secondary N) is 1. The zero-order chi connectivity index (χ0) is 26.2. The molecule has 8 nitrogen and oxygen atoms in total. The van der Waals surface area contributed by atoms with Crippen LogP contribution in [0.2, 0.25) is 0 Å². The predicted molar refractivity (Wildman–Crippen MR) is 138 cm³/mol. The van der Waals surface area contributed by atoms with Gasteiger partial charge in [-0.2, -0.15) is 0 Å². The quantitative estimate of drug-likeness (QED) is 0.347. The number of carbonyl (C=O) groups excluding carboxylic acids is 2. The molecule has 190 valence electrons. The van der Waals surface area contributed by atoms with Gasteiger partial charge in [0.1, 0.15) is 18.1 Å². The lowest BCUT2D eigenvalue weighted by Crippen LogP contribution is -2.40. The van der Waals surface area contributed by atoms with Crippen LogP contribution in [0.25, 0.3) is 16.9 Å². The third kappa shape index (κ3) is 6.39. The van der Waals surface area contributed by atoms with Crippen LogP contribution in [0, 0.1) is 5.82 Å². The Morgan fingerprint density at radius 2 is 1.68 bits per heavy atom. The van der Waals surface area contributed by atoms with E-state index in [1.165, 1.54) is 24.1 Å². The summed E-state index contributed by atoms with van der Waals surface area (Å²) in [7, 11) is 3.12. The second-order valence-corrected chi connectivity index (χ2v) is 8.16. The maximum absolute atomic E-state index is 13.5. The number of halogens is 1. The van der Waals surface area contributed by atoms with Crippen LogP contribution < -0.4 is 10.1 Å². The first-order chi connectivity index (χ1) is 18.0. The van der Waals surface area contributed by atoms with Gasteiger partial charge in [-0.15, -0.1) is 0 Å². The van der Waals surface area contributed by atoms with E-state index in [0.717, 1.165) is 5.69 Å². The van der Waals surface area contributed by atoms with E-state index in [9.17, 15) is 14.0 Å². The Balaban J connectivity index is 1.61. The molecular formula is C28H27FN4O4. The lowest BCUT2D eigenvalue weighted by Gasteiger charge is -2.22. The number of amides is 2. The summed E-state index contributed by atoms with van der Waals surface area (Å²) < 4.78 is 25.6. The fourth-order valence-electron chi connectivity index (χ4n) is 3.72. The highest BCUT2D eigenvalue weighted by Crippen LogP contribution is 2.26. The molecule has 3 aromatic carbocycles. The first-order valence-electron chi connectivity index (χ1n) is 11.6. The lowest BCUT2D eigenvalue weighted by molar-refractivity contribution is -0.117. The van der Waals surface area contributed by atoms with Crippen molar-refractivity contribution in [2.45, 2.75) is 0 Å². The Kier molecular flexibility index (Phi) is 8.27. The third-order valence-electron chi connectivity index (χ3n) is 5.66. The van der Waals surface area contributed by atoms with Gasteiger partial charge in [0.2, 0.25) is 11.9 Å². The van der Waals surface area contributed by atoms with Gasteiger partial charge >= 0.3 is 0 Å². The highest BCUT2D eigenvalue weighted by Gasteiger charge is 2.21. The molecule has 0 radical (unpaired) electrons. The Morgan fingerprint density at radius 3 is 2.32 bits per heavy atom. The van der Waals surface area contributed by atoms with E-state index in [2.05, 4.69) is 10.3 Å². The van der Waals surface area contributed by atoms with Gasteiger partial charge < -0.3 is 14.4 Å². The Labute approximate surface area is 214 Å². The second kappa shape index (κ2) is 12.0. The van der Waals surface area contributed by atoms with E-state index < -0.39 is 5.91 Å². The first-order valence-corrected chi connectivity index (χ1v) is 11.6. The molecule has 0 aliphatic rings. The summed E-state index contributed by atoms with van der Waals surface area (Å²) in [5.41, 5.74) is 2.44. The number of methoxy groups -OCH3 is 2. The molecule has 4 rings (SSSR count). The molecule has 0 saturated carbocycles. The van der Waals surface area contributed by atoms with Crippen LogP contribution in [-0.4, -0.2) is 60.2 Å². The molecular weight excluding hydrogens is 475 g/mol. The monoisotopic (exact) mass is 502 g/mol. The van der Waals surface area contributed by atoms with Gasteiger partial charge in [-0.1, -0.05) is 18.2 Å². The minimum Gasteiger partial charge on any atom is -0.497 e. The van der Waals surface area contributed by atoms with Crippen molar-refractivity contribution in [2.24, 2.45) is 0 Å². The topological polar surface area (TPSA) is 85.7 Å². The Hall–Kier alpha value is -4.50. The zero-order valence-electron chi connectivity index (χ0n) is 20.6. The maximum Gasteiger partial charge on any atom is 0.254 e. The molecule has 0 fully saturated rings. The molecule has 1 N–H and O–H groups in total. The van der Waals surface area contributed by atoms with Crippen LogP contribution in [0.1, 0.15) is 10.4 Å². The number of nitrogens with zero attached hydrogens (tertiary/aromatic N) is 3. The normalized spacial score (nSPS) is 10.7. The number of hydrogen-bond donors (Lipinski definition) is 1. The van der Waals surface area contributed by atoms with E-state index in [4.69, 9.17) is 9.47 Å². The molecule has 0 aliphatic heterocycles. The van der Waals surface area contributed by atoms with Gasteiger partial charge in [-0.05, 0) is 60.7 Å². The van der Waals surface area contributed by atoms with Crippen molar-refractivity contribution in [2.75, 3.05) is 39.2 Å². The molecule has 0 spiro atoms. The molecule has 0 unspecified atom stereocenters. The molecule has 2 amide bonds. The smallest absolute Gasteiger partial charge is 0.254 e. The summed E-state index contributed by atoms with van der Waals surface area (Å²) >= 11 is 0. The minimum atomic E-state index is -0.425. The summed E-state index contributed by atoms with van der Waals surface area (Å²) in [6, 6.07) is 21.9. The number of hydrogen-bond acceptors (Lipinski definition) is 5. The summed E-state index contributed by atoms with van der Waals surface area (Å²) in [6.07, 6.45) is 1.75. The number of imidazole rings is 1. The molecule has 0 atom stereocenters. The van der Waals surface area contributed by atoms with Crippen molar-refractivity contribution < 1.29 is 23.5 Å². The fourth-order valence-corrected chi connectivity index (χ4v) is 3.72. The zero-order valence-corrected chi connectivity index (χ0v) is 20.6. The van der Waals surface area contributed by atoms with Crippen LogP contribution in [0.4, 0.5) is 10.3 Å². The molecule has 0 aliphatic carbocycles. The van der Waals surface area contributed by atoms with Gasteiger partial charge in [-0.3, -0.25) is 19.5 Å². The van der Waals surface area contributed by atoms with Gasteiger partial charge in [0.15, 0.2) is 0 Å². The van der Waals surface area contributed by atoms with Gasteiger partial charge in [0.25, 0.3) is 5.91 Å². The standard InChI is InChI=1S/C28H27FN4O4/c1-36-17-16-32(27(35)21-6-4-3-5-7-21)19-26(34)31-28-30-25(20-8-10-22(29)11-9-20)18-33(28)23-12-14-24(37-2)15-13-23/h3-15,18H,16-17,19H2,1-2H3,(H,30,31,34). The molecule has 1 aromatic heterocycles. The van der Waals surface area contributed by atoms with Gasteiger partial charge in [0.05, 0.1) is 19.4 Å². The van der Waals surface area contributed by atoms with Crippen molar-refractivity contribution in [1.29, 1.82) is 0 Å². The highest BCUT2D eigenvalue weighted by molar-refractivity contribution is 5.99. The van der Waals surface area contributed by atoms with Crippen LogP contribution in [0.5, 0.6) is 5.75 Å². The first kappa shape index (κ1) is 25.6. The average Bonchev–Trinajstić information content (AvgIpc) is 3.35. The Bertz CT molecular complexity index is 1340. The fraction of sp³-hybridized carbons (Fsp3) is 0.179. The van der Waals surface area contributed by atoms with E-state index in [0.29, 0.717) is 22.6 Å². The molecule has 4 aromatic rings. The van der Waals surface area contributed by atoms with Crippen LogP contribution in [0.15, 0.2) is 85.1 Å². The summed E-state index contributed by atoms with van der Waals surface area (Å²) in [5.74, 6) is -0.120. The molecule has 37 heavy (non-hydrogen) atoms. The SMILES string of the molecule is COCCN(CC(=O)Nc1nc(-c2ccc(F)cc2)cn1-c1ccc(OC)cc1)C(=O)c1ccccc1. The minimum absolute atomic E-state index is 0.196. The second-order valence-electron chi connectivity index (χ2n) is 8.16. The van der Waals surface area contributed by atoms with E-state index in [1.54, 1.807) is 66.4 Å². The number of carbonyl (C=O) groups is 2. The van der Waals surface area contributed by atoms with E-state index in [1.807, 2.05) is 18.2 Å². The van der Waals surface area contributed by atoms with Gasteiger partial charge in [-0.25, -0.2) is 9.37 Å². The van der Waals surface area contributed by atoms with Crippen molar-refractivity contribution in [3.05, 3.63) is 96.4 Å². The third-order valence-corrected chi connectivity index (χ3v) is 5.66. The number of anilines is 1. The Morgan fingerprint density at radius 1 is 0.973 bits per heavy atom. The highest BCUT2D eigenvalue weighted by atomic mass is 19.1. The number of benzene rings is 3. The number of aromatic nitrogens is 2. The van der Waals surface area contributed by atoms with Crippen molar-refractivity contribution in [3.63, 3.8) is 0 Å². The summed E-state index contributed by atoms with van der Waals surface area (Å²) in [6.45, 7) is 0.324. The summed E-state index contributed by atoms with van der Waals surface area (Å²) in [4.78, 5) is 32.2. The van der Waals surface area contributed by atoms with E-state index in [-0.39, 0.29) is 37.4 Å². The molecule has 1 heterocycles. The van der Waals surface area contributed by atoms with Crippen LogP contribution >= 0.6 is 0 Å². The number of rotatable bonds is 10. The molecule has 9 heteroatoms. The molecule has 0 bridgehead atoms. The van der Waals surface area contributed by atoms with Crippen LogP contribution in [-0.2, 0) is 9.53 Å². The lowest BCUT2D eigenvalue weighted by atomic mass is 10.2. The summed E-state index contributed by atoms with van der Waals surface area (Å²) in [5, 5.41) is 2.83. The van der Waals surface area contributed by atoms with Crippen molar-refractivity contribution in [3.8, 4) is 22.7 Å². The predicted octanol–water partition coefficient (Wildman–Crippen LogP) is 4.41. The maximum atomic E-state index is 13.5. The molecule has 0 saturated heterocycles. The largest absolute Gasteiger partial charge is 0.497 e. The van der Waals surface area contributed by atoms with Crippen LogP contribution in [0.3, 0.4) is 0 Å². The van der Waals surface area contributed by atoms with Crippen molar-refractivity contribution >= 4 is 17.8 Å². The average molecular weight is 503 g/mol.